The quantitative estimate of drug-likeness (QED) is 0.848. The van der Waals surface area contributed by atoms with Crippen molar-refractivity contribution in [2.24, 2.45) is 17.1 Å². The molecule has 2 rings (SSSR count). The predicted molar refractivity (Wildman–Crippen MR) is 73.8 cm³/mol. The van der Waals surface area contributed by atoms with Crippen molar-refractivity contribution in [2.45, 2.75) is 25.7 Å². The lowest BCUT2D eigenvalue weighted by atomic mass is 9.78. The Morgan fingerprint density at radius 1 is 1.29 bits per heavy atom. The van der Waals surface area contributed by atoms with Crippen LogP contribution in [0.2, 0.25) is 0 Å². The van der Waals surface area contributed by atoms with E-state index in [1.165, 1.54) is 18.4 Å². The molecule has 0 aliphatic heterocycles. The highest BCUT2D eigenvalue weighted by Gasteiger charge is 2.35. The summed E-state index contributed by atoms with van der Waals surface area (Å²) in [5.41, 5.74) is 7.04. The zero-order chi connectivity index (χ0) is 12.3. The van der Waals surface area contributed by atoms with Gasteiger partial charge in [0.25, 0.3) is 0 Å². The van der Waals surface area contributed by atoms with E-state index in [-0.39, 0.29) is 12.0 Å². The van der Waals surface area contributed by atoms with Crippen LogP contribution in [0, 0.1) is 11.3 Å². The highest BCUT2D eigenvalue weighted by atomic mass is 79.9. The second kappa shape index (κ2) is 5.51. The Balaban J connectivity index is 2.07. The number of nitrogens with two attached hydrogens (primary N) is 1. The van der Waals surface area contributed by atoms with Crippen molar-refractivity contribution in [3.8, 4) is 0 Å². The SMILES string of the molecule is NCC(CO)(Cc1ccc(Br)cc1)CC1CC1. The van der Waals surface area contributed by atoms with E-state index in [1.54, 1.807) is 0 Å². The summed E-state index contributed by atoms with van der Waals surface area (Å²) >= 11 is 3.44. The van der Waals surface area contributed by atoms with Gasteiger partial charge in [-0.1, -0.05) is 40.9 Å². The van der Waals surface area contributed by atoms with Gasteiger partial charge in [0.2, 0.25) is 0 Å². The molecule has 2 nitrogen and oxygen atoms in total. The maximum absolute atomic E-state index is 9.68. The fraction of sp³-hybridized carbons (Fsp3) is 0.571. The lowest BCUT2D eigenvalue weighted by Crippen LogP contribution is -2.37. The fourth-order valence-electron chi connectivity index (χ4n) is 2.38. The molecule has 0 spiro atoms. The minimum Gasteiger partial charge on any atom is -0.396 e. The van der Waals surface area contributed by atoms with Gasteiger partial charge < -0.3 is 10.8 Å². The van der Waals surface area contributed by atoms with Gasteiger partial charge in [-0.2, -0.15) is 0 Å². The Bertz CT molecular complexity index is 355. The molecular formula is C14H20BrNO. The smallest absolute Gasteiger partial charge is 0.0502 e. The van der Waals surface area contributed by atoms with Gasteiger partial charge >= 0.3 is 0 Å². The number of aliphatic hydroxyl groups excluding tert-OH is 1. The van der Waals surface area contributed by atoms with Gasteiger partial charge in [-0.3, -0.25) is 0 Å². The summed E-state index contributed by atoms with van der Waals surface area (Å²) in [6.45, 7) is 0.756. The van der Waals surface area contributed by atoms with Gasteiger partial charge in [0, 0.05) is 16.4 Å². The molecule has 1 aliphatic rings. The van der Waals surface area contributed by atoms with Crippen LogP contribution in [0.1, 0.15) is 24.8 Å². The summed E-state index contributed by atoms with van der Waals surface area (Å²) in [6, 6.07) is 8.31. The molecule has 1 unspecified atom stereocenters. The zero-order valence-corrected chi connectivity index (χ0v) is 11.6. The Morgan fingerprint density at radius 3 is 2.41 bits per heavy atom. The third-order valence-electron chi connectivity index (χ3n) is 3.68. The average Bonchev–Trinajstić information content (AvgIpc) is 3.15. The van der Waals surface area contributed by atoms with Crippen molar-refractivity contribution in [3.05, 3.63) is 34.3 Å². The number of hydrogen-bond donors (Lipinski definition) is 2. The summed E-state index contributed by atoms with van der Waals surface area (Å²) in [4.78, 5) is 0. The van der Waals surface area contributed by atoms with Crippen LogP contribution in [0.4, 0.5) is 0 Å². The zero-order valence-electron chi connectivity index (χ0n) is 10.0. The summed E-state index contributed by atoms with van der Waals surface area (Å²) in [5, 5.41) is 9.68. The molecule has 3 heteroatoms. The van der Waals surface area contributed by atoms with E-state index >= 15 is 0 Å². The van der Waals surface area contributed by atoms with Crippen molar-refractivity contribution >= 4 is 15.9 Å². The molecule has 1 aromatic rings. The van der Waals surface area contributed by atoms with Crippen LogP contribution in [0.15, 0.2) is 28.7 Å². The van der Waals surface area contributed by atoms with Crippen LogP contribution in [0.3, 0.4) is 0 Å². The fourth-order valence-corrected chi connectivity index (χ4v) is 2.65. The van der Waals surface area contributed by atoms with Crippen LogP contribution in [-0.4, -0.2) is 18.3 Å². The lowest BCUT2D eigenvalue weighted by Gasteiger charge is -2.30. The molecule has 1 aliphatic carbocycles. The third-order valence-corrected chi connectivity index (χ3v) is 4.21. The molecule has 94 valence electrons. The van der Waals surface area contributed by atoms with Crippen molar-refractivity contribution < 1.29 is 5.11 Å². The Morgan fingerprint density at radius 2 is 1.94 bits per heavy atom. The van der Waals surface area contributed by atoms with Crippen LogP contribution in [-0.2, 0) is 6.42 Å². The molecule has 0 bridgehead atoms. The summed E-state index contributed by atoms with van der Waals surface area (Å²) < 4.78 is 1.09. The number of halogens is 1. The molecule has 1 fully saturated rings. The first-order valence-corrected chi connectivity index (χ1v) is 7.02. The molecule has 0 heterocycles. The van der Waals surface area contributed by atoms with Gasteiger partial charge in [-0.05, 0) is 36.5 Å². The molecule has 0 radical (unpaired) electrons. The minimum atomic E-state index is -0.116. The Hall–Kier alpha value is -0.380. The average molecular weight is 298 g/mol. The van der Waals surface area contributed by atoms with E-state index in [2.05, 4.69) is 28.1 Å². The molecule has 3 N–H and O–H groups in total. The first-order chi connectivity index (χ1) is 8.17. The number of hydrogen-bond acceptors (Lipinski definition) is 2. The number of benzene rings is 1. The normalized spacial score (nSPS) is 19.0. The maximum Gasteiger partial charge on any atom is 0.0502 e. The first kappa shape index (κ1) is 13.1. The largest absolute Gasteiger partial charge is 0.396 e. The third kappa shape index (κ3) is 3.54. The maximum atomic E-state index is 9.68. The Kier molecular flexibility index (Phi) is 4.23. The van der Waals surface area contributed by atoms with E-state index < -0.39 is 0 Å². The topological polar surface area (TPSA) is 46.2 Å². The van der Waals surface area contributed by atoms with Gasteiger partial charge in [0.1, 0.15) is 0 Å². The Labute approximate surface area is 111 Å². The number of aliphatic hydroxyl groups is 1. The highest BCUT2D eigenvalue weighted by Crippen LogP contribution is 2.41. The van der Waals surface area contributed by atoms with E-state index in [9.17, 15) is 5.11 Å². The van der Waals surface area contributed by atoms with Crippen LogP contribution < -0.4 is 5.73 Å². The van der Waals surface area contributed by atoms with E-state index in [0.717, 1.165) is 23.2 Å². The molecule has 17 heavy (non-hydrogen) atoms. The first-order valence-electron chi connectivity index (χ1n) is 6.23. The monoisotopic (exact) mass is 297 g/mol. The minimum absolute atomic E-state index is 0.116. The molecule has 0 saturated heterocycles. The van der Waals surface area contributed by atoms with Crippen molar-refractivity contribution in [3.63, 3.8) is 0 Å². The van der Waals surface area contributed by atoms with Gasteiger partial charge in [-0.15, -0.1) is 0 Å². The van der Waals surface area contributed by atoms with E-state index in [4.69, 9.17) is 5.73 Å². The summed E-state index contributed by atoms with van der Waals surface area (Å²) in [6.07, 6.45) is 4.56. The molecular weight excluding hydrogens is 278 g/mol. The van der Waals surface area contributed by atoms with Gasteiger partial charge in [0.15, 0.2) is 0 Å². The van der Waals surface area contributed by atoms with E-state index in [1.807, 2.05) is 12.1 Å². The molecule has 1 atom stereocenters. The van der Waals surface area contributed by atoms with Gasteiger partial charge in [-0.25, -0.2) is 0 Å². The second-order valence-electron chi connectivity index (χ2n) is 5.31. The molecule has 0 aromatic heterocycles. The lowest BCUT2D eigenvalue weighted by molar-refractivity contribution is 0.115. The van der Waals surface area contributed by atoms with Crippen molar-refractivity contribution in [1.82, 2.24) is 0 Å². The molecule has 0 amide bonds. The van der Waals surface area contributed by atoms with Crippen molar-refractivity contribution in [2.75, 3.05) is 13.2 Å². The van der Waals surface area contributed by atoms with Crippen LogP contribution in [0.5, 0.6) is 0 Å². The van der Waals surface area contributed by atoms with Crippen LogP contribution >= 0.6 is 15.9 Å². The van der Waals surface area contributed by atoms with Gasteiger partial charge in [0.05, 0.1) is 6.61 Å². The van der Waals surface area contributed by atoms with E-state index in [0.29, 0.717) is 6.54 Å². The molecule has 1 aromatic carbocycles. The molecule has 1 saturated carbocycles. The standard InChI is InChI=1S/C14H20BrNO/c15-13-5-3-12(4-6-13)8-14(9-16,10-17)7-11-1-2-11/h3-6,11,17H,1-2,7-10,16H2. The predicted octanol–water partition coefficient (Wildman–Crippen LogP) is 2.73. The second-order valence-corrected chi connectivity index (χ2v) is 6.23. The summed E-state index contributed by atoms with van der Waals surface area (Å²) in [7, 11) is 0. The van der Waals surface area contributed by atoms with Crippen molar-refractivity contribution in [1.29, 1.82) is 0 Å². The van der Waals surface area contributed by atoms with Crippen LogP contribution in [0.25, 0.3) is 0 Å². The highest BCUT2D eigenvalue weighted by molar-refractivity contribution is 9.10. The number of rotatable bonds is 6. The summed E-state index contributed by atoms with van der Waals surface area (Å²) in [5.74, 6) is 0.793.